The molecule has 6 heteroatoms. The molecule has 0 radical (unpaired) electrons. The maximum absolute atomic E-state index is 12.4. The number of hydrogen-bond acceptors (Lipinski definition) is 3. The molecule has 0 fully saturated rings. The Labute approximate surface area is 215 Å². The third-order valence-corrected chi connectivity index (χ3v) is 6.54. The molecule has 1 aromatic heterocycles. The lowest BCUT2D eigenvalue weighted by Gasteiger charge is -2.16. The molecule has 0 aliphatic heterocycles. The highest BCUT2D eigenvalue weighted by atomic mass is 79.9. The van der Waals surface area contributed by atoms with E-state index in [1.54, 1.807) is 0 Å². The first kappa shape index (κ1) is 25.0. The minimum atomic E-state index is -0.0627. The number of nitrogens with one attached hydrogen (secondary N) is 1. The van der Waals surface area contributed by atoms with Gasteiger partial charge < -0.3 is 14.6 Å². The van der Waals surface area contributed by atoms with Crippen LogP contribution in [0.3, 0.4) is 0 Å². The number of carbonyl (C=O) groups is 1. The summed E-state index contributed by atoms with van der Waals surface area (Å²) in [7, 11) is 0. The van der Waals surface area contributed by atoms with E-state index in [1.807, 2.05) is 42.5 Å². The van der Waals surface area contributed by atoms with Crippen molar-refractivity contribution in [2.45, 2.75) is 46.1 Å². The zero-order chi connectivity index (χ0) is 24.8. The maximum atomic E-state index is 12.4. The van der Waals surface area contributed by atoms with Crippen molar-refractivity contribution in [1.82, 2.24) is 14.9 Å². The number of halogens is 1. The number of amides is 1. The molecule has 4 rings (SSSR count). The first-order chi connectivity index (χ1) is 16.9. The van der Waals surface area contributed by atoms with Crippen molar-refractivity contribution in [3.8, 4) is 5.75 Å². The van der Waals surface area contributed by atoms with Crippen LogP contribution in [0.4, 0.5) is 0 Å². The van der Waals surface area contributed by atoms with Gasteiger partial charge in [-0.1, -0.05) is 60.1 Å². The molecule has 1 amide bonds. The number of aryl methyl sites for hydroxylation is 2. The van der Waals surface area contributed by atoms with Gasteiger partial charge in [0.15, 0.2) is 0 Å². The minimum Gasteiger partial charge on any atom is -0.491 e. The van der Waals surface area contributed by atoms with Crippen molar-refractivity contribution in [3.63, 3.8) is 0 Å². The van der Waals surface area contributed by atoms with Gasteiger partial charge in [-0.15, -0.1) is 0 Å². The number of fused-ring (bicyclic) bond motifs is 1. The number of ether oxygens (including phenoxy) is 1. The number of imidazole rings is 1. The summed E-state index contributed by atoms with van der Waals surface area (Å²) < 4.78 is 9.40. The highest BCUT2D eigenvalue weighted by Gasteiger charge is 2.13. The van der Waals surface area contributed by atoms with E-state index in [-0.39, 0.29) is 5.91 Å². The fourth-order valence-electron chi connectivity index (χ4n) is 4.24. The summed E-state index contributed by atoms with van der Waals surface area (Å²) in [6, 6.07) is 22.0. The molecule has 0 bridgehead atoms. The highest BCUT2D eigenvalue weighted by molar-refractivity contribution is 9.10. The lowest BCUT2D eigenvalue weighted by molar-refractivity contribution is 0.0953. The van der Waals surface area contributed by atoms with E-state index >= 15 is 0 Å². The van der Waals surface area contributed by atoms with E-state index in [2.05, 4.69) is 70.9 Å². The largest absolute Gasteiger partial charge is 0.491 e. The molecular weight excluding hydrogens is 502 g/mol. The fraction of sp³-hybridized carbons (Fsp3) is 0.310. The number of benzene rings is 3. The molecule has 5 nitrogen and oxygen atoms in total. The Morgan fingerprint density at radius 2 is 1.91 bits per heavy atom. The van der Waals surface area contributed by atoms with Crippen LogP contribution in [0.5, 0.6) is 5.75 Å². The van der Waals surface area contributed by atoms with Gasteiger partial charge in [0, 0.05) is 23.0 Å². The monoisotopic (exact) mass is 533 g/mol. The topological polar surface area (TPSA) is 56.1 Å². The van der Waals surface area contributed by atoms with Gasteiger partial charge in [0.2, 0.25) is 0 Å². The Hall–Kier alpha value is -3.12. The molecule has 182 valence electrons. The van der Waals surface area contributed by atoms with E-state index in [0.29, 0.717) is 31.2 Å². The van der Waals surface area contributed by atoms with E-state index in [4.69, 9.17) is 9.72 Å². The van der Waals surface area contributed by atoms with Crippen LogP contribution in [-0.4, -0.2) is 28.6 Å². The standard InChI is InChI=1S/C29H32BrN3O2/c1-20(2)24-14-13-21(3)18-27(24)35-17-16-33-26-11-5-4-10-25(26)32-28(33)12-7-15-31-29(34)22-8-6-9-23(30)19-22/h4-6,8-11,13-14,18-20H,7,12,15-17H2,1-3H3,(H,31,34). The number of rotatable bonds is 10. The van der Waals surface area contributed by atoms with Crippen LogP contribution in [-0.2, 0) is 13.0 Å². The molecule has 1 heterocycles. The molecule has 1 N–H and O–H groups in total. The first-order valence-electron chi connectivity index (χ1n) is 12.1. The van der Waals surface area contributed by atoms with Gasteiger partial charge in [-0.2, -0.15) is 0 Å². The predicted octanol–water partition coefficient (Wildman–Crippen LogP) is 6.67. The second-order valence-electron chi connectivity index (χ2n) is 9.08. The van der Waals surface area contributed by atoms with Crippen LogP contribution >= 0.6 is 15.9 Å². The van der Waals surface area contributed by atoms with Crippen LogP contribution in [0.15, 0.2) is 71.2 Å². The average molecular weight is 534 g/mol. The van der Waals surface area contributed by atoms with Gasteiger partial charge in [-0.3, -0.25) is 4.79 Å². The molecular formula is C29H32BrN3O2. The third-order valence-electron chi connectivity index (χ3n) is 6.05. The van der Waals surface area contributed by atoms with Crippen molar-refractivity contribution >= 4 is 32.9 Å². The fourth-order valence-corrected chi connectivity index (χ4v) is 4.64. The minimum absolute atomic E-state index is 0.0627. The summed E-state index contributed by atoms with van der Waals surface area (Å²) in [5, 5.41) is 3.01. The Morgan fingerprint density at radius 1 is 1.09 bits per heavy atom. The average Bonchev–Trinajstić information content (AvgIpc) is 3.19. The van der Waals surface area contributed by atoms with E-state index in [1.165, 1.54) is 11.1 Å². The molecule has 0 aliphatic rings. The predicted molar refractivity (Wildman–Crippen MR) is 145 cm³/mol. The second kappa shape index (κ2) is 11.5. The van der Waals surface area contributed by atoms with Gasteiger partial charge >= 0.3 is 0 Å². The van der Waals surface area contributed by atoms with Gasteiger partial charge in [0.1, 0.15) is 18.2 Å². The number of hydrogen-bond donors (Lipinski definition) is 1. The lowest BCUT2D eigenvalue weighted by Crippen LogP contribution is -2.25. The van der Waals surface area contributed by atoms with Gasteiger partial charge in [0.25, 0.3) is 5.91 Å². The van der Waals surface area contributed by atoms with Gasteiger partial charge in [0.05, 0.1) is 17.6 Å². The zero-order valence-electron chi connectivity index (χ0n) is 20.6. The molecule has 0 saturated heterocycles. The highest BCUT2D eigenvalue weighted by Crippen LogP contribution is 2.27. The summed E-state index contributed by atoms with van der Waals surface area (Å²) in [5.74, 6) is 2.32. The molecule has 0 atom stereocenters. The van der Waals surface area contributed by atoms with Crippen molar-refractivity contribution < 1.29 is 9.53 Å². The Balaban J connectivity index is 1.40. The van der Waals surface area contributed by atoms with Crippen LogP contribution in [0.1, 0.15) is 53.5 Å². The SMILES string of the molecule is Cc1ccc(C(C)C)c(OCCn2c(CCCNC(=O)c3cccc(Br)c3)nc3ccccc32)c1. The van der Waals surface area contributed by atoms with Crippen LogP contribution in [0.25, 0.3) is 11.0 Å². The normalized spacial score (nSPS) is 11.2. The molecule has 0 saturated carbocycles. The Kier molecular flexibility index (Phi) is 8.24. The van der Waals surface area contributed by atoms with E-state index < -0.39 is 0 Å². The molecule has 35 heavy (non-hydrogen) atoms. The number of nitrogens with zero attached hydrogens (tertiary/aromatic N) is 2. The quantitative estimate of drug-likeness (QED) is 0.231. The van der Waals surface area contributed by atoms with E-state index in [9.17, 15) is 4.79 Å². The zero-order valence-corrected chi connectivity index (χ0v) is 22.1. The number of carbonyl (C=O) groups excluding carboxylic acids is 1. The van der Waals surface area contributed by atoms with Crippen LogP contribution < -0.4 is 10.1 Å². The van der Waals surface area contributed by atoms with Gasteiger partial charge in [-0.25, -0.2) is 4.98 Å². The van der Waals surface area contributed by atoms with Crippen molar-refractivity contribution in [2.75, 3.05) is 13.2 Å². The molecule has 0 aliphatic carbocycles. The summed E-state index contributed by atoms with van der Waals surface area (Å²) >= 11 is 3.42. The maximum Gasteiger partial charge on any atom is 0.251 e. The third kappa shape index (κ3) is 6.31. The van der Waals surface area contributed by atoms with Crippen molar-refractivity contribution in [2.24, 2.45) is 0 Å². The number of para-hydroxylation sites is 2. The Morgan fingerprint density at radius 3 is 2.71 bits per heavy atom. The molecule has 3 aromatic carbocycles. The number of aromatic nitrogens is 2. The summed E-state index contributed by atoms with van der Waals surface area (Å²) in [6.07, 6.45) is 1.58. The van der Waals surface area contributed by atoms with Crippen LogP contribution in [0.2, 0.25) is 0 Å². The van der Waals surface area contributed by atoms with Crippen molar-refractivity contribution in [3.05, 3.63) is 93.7 Å². The summed E-state index contributed by atoms with van der Waals surface area (Å²) in [5.41, 5.74) is 5.17. The van der Waals surface area contributed by atoms with E-state index in [0.717, 1.165) is 39.9 Å². The first-order valence-corrected chi connectivity index (χ1v) is 12.9. The summed E-state index contributed by atoms with van der Waals surface area (Å²) in [4.78, 5) is 17.3. The lowest BCUT2D eigenvalue weighted by atomic mass is 10.0. The molecule has 0 spiro atoms. The van der Waals surface area contributed by atoms with Gasteiger partial charge in [-0.05, 0) is 66.8 Å². The Bertz CT molecular complexity index is 1310. The van der Waals surface area contributed by atoms with Crippen LogP contribution in [0, 0.1) is 6.92 Å². The van der Waals surface area contributed by atoms with Crippen molar-refractivity contribution in [1.29, 1.82) is 0 Å². The molecule has 0 unspecified atom stereocenters. The smallest absolute Gasteiger partial charge is 0.251 e. The summed E-state index contributed by atoms with van der Waals surface area (Å²) in [6.45, 7) is 8.34. The molecule has 4 aromatic rings. The second-order valence-corrected chi connectivity index (χ2v) is 10.00.